The maximum absolute atomic E-state index is 9.08. The van der Waals surface area contributed by atoms with E-state index in [0.717, 1.165) is 32.9 Å². The Morgan fingerprint density at radius 1 is 0.963 bits per heavy atom. The van der Waals surface area contributed by atoms with Gasteiger partial charge >= 0.3 is 0 Å². The Labute approximate surface area is 161 Å². The molecule has 0 fully saturated rings. The van der Waals surface area contributed by atoms with E-state index in [4.69, 9.17) is 5.11 Å². The van der Waals surface area contributed by atoms with Gasteiger partial charge in [0.05, 0.1) is 24.2 Å². The molecule has 0 saturated heterocycles. The van der Waals surface area contributed by atoms with Crippen LogP contribution in [0.3, 0.4) is 0 Å². The molecule has 136 valence electrons. The maximum Gasteiger partial charge on any atom is 0.226 e. The van der Waals surface area contributed by atoms with Crippen molar-refractivity contribution < 1.29 is 5.11 Å². The van der Waals surface area contributed by atoms with Crippen LogP contribution in [-0.4, -0.2) is 33.2 Å². The molecular formula is C20H19N5OS. The number of rotatable bonds is 7. The molecule has 0 radical (unpaired) electrons. The van der Waals surface area contributed by atoms with Crippen molar-refractivity contribution in [3.8, 4) is 11.1 Å². The second-order valence-electron chi connectivity index (χ2n) is 5.92. The molecule has 0 bridgehead atoms. The van der Waals surface area contributed by atoms with E-state index in [-0.39, 0.29) is 6.61 Å². The predicted molar refractivity (Wildman–Crippen MR) is 110 cm³/mol. The minimum absolute atomic E-state index is 0.0256. The summed E-state index contributed by atoms with van der Waals surface area (Å²) in [6.45, 7) is 0.996. The molecule has 0 unspecified atom stereocenters. The number of thiophene rings is 1. The zero-order valence-electron chi connectivity index (χ0n) is 14.6. The minimum atomic E-state index is 0.0256. The van der Waals surface area contributed by atoms with Crippen molar-refractivity contribution >= 4 is 33.3 Å². The number of anilines is 2. The Kier molecular flexibility index (Phi) is 5.22. The van der Waals surface area contributed by atoms with E-state index < -0.39 is 0 Å². The van der Waals surface area contributed by atoms with Crippen LogP contribution in [0.5, 0.6) is 0 Å². The number of hydrogen-bond donors (Lipinski definition) is 3. The molecule has 0 aliphatic heterocycles. The molecule has 0 aliphatic rings. The molecule has 3 heterocycles. The molecule has 4 aromatic rings. The predicted octanol–water partition coefficient (Wildman–Crippen LogP) is 3.77. The number of pyridine rings is 1. The van der Waals surface area contributed by atoms with Gasteiger partial charge in [0, 0.05) is 23.7 Å². The molecule has 6 nitrogen and oxygen atoms in total. The molecule has 3 N–H and O–H groups in total. The standard InChI is InChI=1S/C20H19N5OS/c26-11-10-22-20-24-18(23-12-15-8-4-5-9-21-15)17-16(13-27-19(17)25-20)14-6-2-1-3-7-14/h1-9,13,26H,10-12H2,(H2,22,23,24,25). The molecule has 1 aromatic carbocycles. The topological polar surface area (TPSA) is 83.0 Å². The maximum atomic E-state index is 9.08. The third-order valence-corrected chi connectivity index (χ3v) is 4.95. The number of fused-ring (bicyclic) bond motifs is 1. The number of benzene rings is 1. The second kappa shape index (κ2) is 8.11. The zero-order chi connectivity index (χ0) is 18.5. The highest BCUT2D eigenvalue weighted by atomic mass is 32.1. The highest BCUT2D eigenvalue weighted by molar-refractivity contribution is 7.17. The van der Waals surface area contributed by atoms with Gasteiger partial charge in [0.15, 0.2) is 0 Å². The van der Waals surface area contributed by atoms with E-state index in [1.165, 1.54) is 0 Å². The number of nitrogens with zero attached hydrogens (tertiary/aromatic N) is 3. The Balaban J connectivity index is 1.75. The summed E-state index contributed by atoms with van der Waals surface area (Å²) < 4.78 is 0. The van der Waals surface area contributed by atoms with Crippen LogP contribution >= 0.6 is 11.3 Å². The highest BCUT2D eigenvalue weighted by Gasteiger charge is 2.15. The van der Waals surface area contributed by atoms with E-state index >= 15 is 0 Å². The zero-order valence-corrected chi connectivity index (χ0v) is 15.4. The fourth-order valence-corrected chi connectivity index (χ4v) is 3.77. The Morgan fingerprint density at radius 3 is 2.59 bits per heavy atom. The summed E-state index contributed by atoms with van der Waals surface area (Å²) in [5.74, 6) is 1.26. The normalized spacial score (nSPS) is 10.9. The monoisotopic (exact) mass is 377 g/mol. The minimum Gasteiger partial charge on any atom is -0.395 e. The van der Waals surface area contributed by atoms with E-state index in [0.29, 0.717) is 19.0 Å². The fourth-order valence-electron chi connectivity index (χ4n) is 2.82. The van der Waals surface area contributed by atoms with Gasteiger partial charge in [-0.05, 0) is 17.7 Å². The molecule has 0 spiro atoms. The Hall–Kier alpha value is -3.03. The number of hydrogen-bond acceptors (Lipinski definition) is 7. The van der Waals surface area contributed by atoms with Gasteiger partial charge in [0.2, 0.25) is 5.95 Å². The molecule has 0 aliphatic carbocycles. The van der Waals surface area contributed by atoms with Crippen molar-refractivity contribution in [3.63, 3.8) is 0 Å². The summed E-state index contributed by atoms with van der Waals surface area (Å²) in [7, 11) is 0. The van der Waals surface area contributed by atoms with Gasteiger partial charge < -0.3 is 15.7 Å². The summed E-state index contributed by atoms with van der Waals surface area (Å²) in [4.78, 5) is 14.5. The molecule has 0 atom stereocenters. The van der Waals surface area contributed by atoms with Crippen molar-refractivity contribution in [2.24, 2.45) is 0 Å². The van der Waals surface area contributed by atoms with Crippen molar-refractivity contribution in [2.45, 2.75) is 6.54 Å². The number of aromatic nitrogens is 3. The quantitative estimate of drug-likeness (QED) is 0.455. The number of aliphatic hydroxyl groups excluding tert-OH is 1. The van der Waals surface area contributed by atoms with Crippen LogP contribution in [0.4, 0.5) is 11.8 Å². The van der Waals surface area contributed by atoms with Gasteiger partial charge in [-0.3, -0.25) is 4.98 Å². The van der Waals surface area contributed by atoms with Crippen LogP contribution in [0.25, 0.3) is 21.3 Å². The molecule has 0 amide bonds. The second-order valence-corrected chi connectivity index (χ2v) is 6.77. The largest absolute Gasteiger partial charge is 0.395 e. The lowest BCUT2D eigenvalue weighted by Gasteiger charge is -2.11. The smallest absolute Gasteiger partial charge is 0.226 e. The first-order valence-corrected chi connectivity index (χ1v) is 9.56. The molecule has 7 heteroatoms. The van der Waals surface area contributed by atoms with Gasteiger partial charge in [-0.25, -0.2) is 4.98 Å². The van der Waals surface area contributed by atoms with Gasteiger partial charge in [-0.2, -0.15) is 4.98 Å². The molecule has 0 saturated carbocycles. The summed E-state index contributed by atoms with van der Waals surface area (Å²) in [6.07, 6.45) is 1.78. The first-order chi connectivity index (χ1) is 13.3. The highest BCUT2D eigenvalue weighted by Crippen LogP contribution is 2.37. The average molecular weight is 377 g/mol. The van der Waals surface area contributed by atoms with E-state index in [2.05, 4.69) is 43.1 Å². The third-order valence-electron chi connectivity index (χ3n) is 4.08. The van der Waals surface area contributed by atoms with Crippen molar-refractivity contribution in [1.82, 2.24) is 15.0 Å². The summed E-state index contributed by atoms with van der Waals surface area (Å²) >= 11 is 1.58. The van der Waals surface area contributed by atoms with Crippen LogP contribution < -0.4 is 10.6 Å². The van der Waals surface area contributed by atoms with Gasteiger partial charge in [-0.1, -0.05) is 36.4 Å². The summed E-state index contributed by atoms with van der Waals surface area (Å²) in [6, 6.07) is 16.1. The Morgan fingerprint density at radius 2 is 1.81 bits per heavy atom. The molecule has 3 aromatic heterocycles. The molecule has 27 heavy (non-hydrogen) atoms. The Bertz CT molecular complexity index is 1020. The van der Waals surface area contributed by atoms with Gasteiger partial charge in [-0.15, -0.1) is 11.3 Å². The van der Waals surface area contributed by atoms with Crippen LogP contribution in [0.1, 0.15) is 5.69 Å². The van der Waals surface area contributed by atoms with E-state index in [9.17, 15) is 0 Å². The lowest BCUT2D eigenvalue weighted by Crippen LogP contribution is -2.11. The fraction of sp³-hybridized carbons (Fsp3) is 0.150. The van der Waals surface area contributed by atoms with Crippen molar-refractivity contribution in [1.29, 1.82) is 0 Å². The van der Waals surface area contributed by atoms with Crippen LogP contribution in [-0.2, 0) is 6.54 Å². The first kappa shape index (κ1) is 17.4. The number of aliphatic hydroxyl groups is 1. The van der Waals surface area contributed by atoms with Gasteiger partial charge in [0.25, 0.3) is 0 Å². The van der Waals surface area contributed by atoms with E-state index in [1.54, 1.807) is 17.5 Å². The summed E-state index contributed by atoms with van der Waals surface area (Å²) in [5, 5.41) is 18.6. The van der Waals surface area contributed by atoms with E-state index in [1.807, 2.05) is 36.4 Å². The molecular weight excluding hydrogens is 358 g/mol. The molecule has 4 rings (SSSR count). The lowest BCUT2D eigenvalue weighted by molar-refractivity contribution is 0.311. The number of nitrogens with one attached hydrogen (secondary N) is 2. The van der Waals surface area contributed by atoms with Crippen LogP contribution in [0.2, 0.25) is 0 Å². The van der Waals surface area contributed by atoms with Gasteiger partial charge in [0.1, 0.15) is 10.6 Å². The van der Waals surface area contributed by atoms with Crippen LogP contribution in [0.15, 0.2) is 60.1 Å². The van der Waals surface area contributed by atoms with Crippen molar-refractivity contribution in [2.75, 3.05) is 23.8 Å². The lowest BCUT2D eigenvalue weighted by atomic mass is 10.1. The SMILES string of the molecule is OCCNc1nc(NCc2ccccn2)c2c(-c3ccccc3)csc2n1. The first-order valence-electron chi connectivity index (χ1n) is 8.68. The van der Waals surface area contributed by atoms with Crippen molar-refractivity contribution in [3.05, 3.63) is 65.8 Å². The average Bonchev–Trinajstić information content (AvgIpc) is 3.16. The van der Waals surface area contributed by atoms with Crippen LogP contribution in [0, 0.1) is 0 Å². The summed E-state index contributed by atoms with van der Waals surface area (Å²) in [5.41, 5.74) is 3.17. The third kappa shape index (κ3) is 3.89.